The number of rotatable bonds is 8. The van der Waals surface area contributed by atoms with Crippen LogP contribution in [0.25, 0.3) is 0 Å². The van der Waals surface area contributed by atoms with Crippen LogP contribution in [0.2, 0.25) is 78.6 Å². The molecule has 0 aliphatic rings. The van der Waals surface area contributed by atoms with Gasteiger partial charge in [-0.2, -0.15) is 0 Å². The monoisotopic (exact) mass is 374 g/mol. The molecule has 0 aliphatic carbocycles. The van der Waals surface area contributed by atoms with Crippen LogP contribution in [0.5, 0.6) is 0 Å². The molecule has 0 aromatic rings. The van der Waals surface area contributed by atoms with Crippen molar-refractivity contribution in [2.45, 2.75) is 91.2 Å². The first-order valence-electron chi connectivity index (χ1n) is 8.64. The van der Waals surface area contributed by atoms with Gasteiger partial charge < -0.3 is 8.46 Å². The Labute approximate surface area is 145 Å². The zero-order chi connectivity index (χ0) is 18.1. The predicted octanol–water partition coefficient (Wildman–Crippen LogP) is 5.83. The van der Waals surface area contributed by atoms with Crippen molar-refractivity contribution < 1.29 is 0 Å². The number of nitrogens with zero attached hydrogens (tertiary/aromatic N) is 2. The average molecular weight is 375 g/mol. The van der Waals surface area contributed by atoms with Crippen molar-refractivity contribution in [2.24, 2.45) is 0 Å². The van der Waals surface area contributed by atoms with Crippen molar-refractivity contribution in [3.05, 3.63) is 12.7 Å². The van der Waals surface area contributed by atoms with Crippen molar-refractivity contribution >= 4 is 32.9 Å². The van der Waals surface area contributed by atoms with E-state index in [1.165, 1.54) is 0 Å². The van der Waals surface area contributed by atoms with Gasteiger partial charge in [0.15, 0.2) is 0 Å². The molecule has 0 N–H and O–H groups in total. The minimum absolute atomic E-state index is 0.564. The smallest absolute Gasteiger partial charge is 0.113 e. The summed E-state index contributed by atoms with van der Waals surface area (Å²) in [6.07, 6.45) is 3.82. The minimum atomic E-state index is -1.39. The van der Waals surface area contributed by atoms with E-state index in [9.17, 15) is 0 Å². The molecule has 0 saturated heterocycles. The molecule has 0 amide bonds. The van der Waals surface area contributed by atoms with Crippen molar-refractivity contribution in [3.8, 4) is 0 Å². The summed E-state index contributed by atoms with van der Waals surface area (Å²) in [5.74, 6) is 0. The quantitative estimate of drug-likeness (QED) is 0.299. The highest BCUT2D eigenvalue weighted by atomic mass is 28.4. The lowest BCUT2D eigenvalue weighted by molar-refractivity contribution is 0.307. The maximum Gasteiger partial charge on any atom is 0.113 e. The van der Waals surface area contributed by atoms with Gasteiger partial charge in [0.05, 0.1) is 0 Å². The lowest BCUT2D eigenvalue weighted by atomic mass is 10.4. The summed E-state index contributed by atoms with van der Waals surface area (Å²) in [6.45, 7) is 34.4. The zero-order valence-corrected chi connectivity index (χ0v) is 21.5. The van der Waals surface area contributed by atoms with Crippen LogP contribution in [-0.4, -0.2) is 47.6 Å². The molecule has 132 valence electrons. The molecule has 22 heavy (non-hydrogen) atoms. The number of hydrogen-bond acceptors (Lipinski definition) is 2. The first kappa shape index (κ1) is 22.5. The van der Waals surface area contributed by atoms with Crippen LogP contribution in [0.3, 0.4) is 0 Å². The summed E-state index contributed by atoms with van der Waals surface area (Å²) in [5, 5.41) is 0. The molecular formula is C16H42N2Si4. The van der Waals surface area contributed by atoms with Crippen molar-refractivity contribution in [1.82, 2.24) is 8.46 Å². The largest absolute Gasteiger partial charge is 0.332 e. The third kappa shape index (κ3) is 6.20. The van der Waals surface area contributed by atoms with Crippen LogP contribution in [-0.2, 0) is 0 Å². The molecule has 2 nitrogen and oxygen atoms in total. The fourth-order valence-corrected chi connectivity index (χ4v) is 25.3. The van der Waals surface area contributed by atoms with Gasteiger partial charge in [-0.15, -0.1) is 6.58 Å². The molecule has 0 aromatic heterocycles. The van der Waals surface area contributed by atoms with Gasteiger partial charge in [-0.3, -0.25) is 0 Å². The Morgan fingerprint density at radius 1 is 0.636 bits per heavy atom. The van der Waals surface area contributed by atoms with Gasteiger partial charge in [-0.25, -0.2) is 0 Å². The molecule has 0 bridgehead atoms. The first-order valence-corrected chi connectivity index (χ1v) is 22.4. The topological polar surface area (TPSA) is 6.48 Å². The Kier molecular flexibility index (Phi) is 7.36. The molecule has 0 heterocycles. The molecule has 0 rings (SSSR count). The second-order valence-electron chi connectivity index (χ2n) is 10.4. The van der Waals surface area contributed by atoms with E-state index in [1.807, 2.05) is 0 Å². The third-order valence-electron chi connectivity index (χ3n) is 3.86. The molecule has 0 spiro atoms. The molecule has 0 atom stereocenters. The van der Waals surface area contributed by atoms with E-state index < -0.39 is 32.9 Å². The van der Waals surface area contributed by atoms with Crippen LogP contribution >= 0.6 is 0 Å². The van der Waals surface area contributed by atoms with Crippen molar-refractivity contribution in [1.29, 1.82) is 0 Å². The standard InChI is InChI=1S/C16H42N2Si4/c1-14-15-16(17(19(2,3)4)20(5,6)7)18(21(8,9)10)22(11,12)13/h14,16H,1,15H2,2-13H3. The summed E-state index contributed by atoms with van der Waals surface area (Å²) >= 11 is 0. The Morgan fingerprint density at radius 3 is 1.00 bits per heavy atom. The number of hydrogen-bond donors (Lipinski definition) is 0. The average Bonchev–Trinajstić information content (AvgIpc) is 2.06. The van der Waals surface area contributed by atoms with Gasteiger partial charge >= 0.3 is 0 Å². The highest BCUT2D eigenvalue weighted by Gasteiger charge is 2.47. The maximum absolute atomic E-state index is 4.10. The molecule has 0 fully saturated rings. The van der Waals surface area contributed by atoms with Gasteiger partial charge in [0.2, 0.25) is 0 Å². The van der Waals surface area contributed by atoms with E-state index in [0.717, 1.165) is 6.42 Å². The molecule has 0 aromatic carbocycles. The molecule has 0 unspecified atom stereocenters. The highest BCUT2D eigenvalue weighted by Crippen LogP contribution is 2.33. The van der Waals surface area contributed by atoms with E-state index >= 15 is 0 Å². The molecule has 0 saturated carbocycles. The van der Waals surface area contributed by atoms with Crippen LogP contribution in [0.4, 0.5) is 0 Å². The molecule has 0 aliphatic heterocycles. The zero-order valence-electron chi connectivity index (χ0n) is 17.5. The van der Waals surface area contributed by atoms with Crippen LogP contribution in [0.1, 0.15) is 6.42 Å². The van der Waals surface area contributed by atoms with Gasteiger partial charge in [0, 0.05) is 6.17 Å². The van der Waals surface area contributed by atoms with Crippen LogP contribution < -0.4 is 0 Å². The Balaban J connectivity index is 6.20. The van der Waals surface area contributed by atoms with Crippen LogP contribution in [0, 0.1) is 0 Å². The lowest BCUT2D eigenvalue weighted by Crippen LogP contribution is -2.74. The van der Waals surface area contributed by atoms with Crippen LogP contribution in [0.15, 0.2) is 12.7 Å². The Hall–Kier alpha value is 0.528. The van der Waals surface area contributed by atoms with Gasteiger partial charge in [-0.05, 0) is 6.42 Å². The van der Waals surface area contributed by atoms with Gasteiger partial charge in [-0.1, -0.05) is 84.6 Å². The predicted molar refractivity (Wildman–Crippen MR) is 116 cm³/mol. The van der Waals surface area contributed by atoms with E-state index in [4.69, 9.17) is 0 Å². The summed E-state index contributed by atoms with van der Waals surface area (Å²) in [7, 11) is -5.57. The van der Waals surface area contributed by atoms with E-state index in [2.05, 4.69) is 99.7 Å². The van der Waals surface area contributed by atoms with Crippen molar-refractivity contribution in [2.75, 3.05) is 0 Å². The third-order valence-corrected chi connectivity index (χ3v) is 18.9. The lowest BCUT2D eigenvalue weighted by Gasteiger charge is -2.58. The summed E-state index contributed by atoms with van der Waals surface area (Å²) in [6, 6.07) is 0. The second-order valence-corrected chi connectivity index (χ2v) is 30.6. The summed E-state index contributed by atoms with van der Waals surface area (Å²) in [4.78, 5) is 0. The molecule has 6 heteroatoms. The minimum Gasteiger partial charge on any atom is -0.332 e. The van der Waals surface area contributed by atoms with Gasteiger partial charge in [0.25, 0.3) is 0 Å². The van der Waals surface area contributed by atoms with E-state index in [1.54, 1.807) is 0 Å². The molecule has 0 radical (unpaired) electrons. The Bertz CT molecular complexity index is 310. The second kappa shape index (κ2) is 7.19. The van der Waals surface area contributed by atoms with Crippen molar-refractivity contribution in [3.63, 3.8) is 0 Å². The SMILES string of the molecule is C=CCC(N([Si](C)(C)C)[Si](C)(C)C)N([Si](C)(C)C)[Si](C)(C)C. The highest BCUT2D eigenvalue weighted by molar-refractivity contribution is 6.91. The fraction of sp³-hybridized carbons (Fsp3) is 0.875. The van der Waals surface area contributed by atoms with Gasteiger partial charge in [0.1, 0.15) is 32.9 Å². The fourth-order valence-electron chi connectivity index (χ4n) is 4.28. The normalized spacial score (nSPS) is 15.0. The summed E-state index contributed by atoms with van der Waals surface area (Å²) < 4.78 is 6.00. The Morgan fingerprint density at radius 2 is 0.864 bits per heavy atom. The van der Waals surface area contributed by atoms with E-state index in [-0.39, 0.29) is 0 Å². The summed E-state index contributed by atoms with van der Waals surface area (Å²) in [5.41, 5.74) is 0. The maximum atomic E-state index is 4.10. The van der Waals surface area contributed by atoms with E-state index in [0.29, 0.717) is 6.17 Å². The first-order chi connectivity index (χ1) is 9.44. The molecular weight excluding hydrogens is 333 g/mol.